The molecule has 3 heterocycles. The summed E-state index contributed by atoms with van der Waals surface area (Å²) in [5, 5.41) is 12.1. The molecule has 0 spiro atoms. The summed E-state index contributed by atoms with van der Waals surface area (Å²) < 4.78 is 108. The van der Waals surface area contributed by atoms with Crippen molar-refractivity contribution >= 4 is 42.8 Å². The highest BCUT2D eigenvalue weighted by Gasteiger charge is 2.37. The lowest BCUT2D eigenvalue weighted by molar-refractivity contribution is -0.137. The Kier molecular flexibility index (Phi) is 7.81. The first kappa shape index (κ1) is 30.2. The van der Waals surface area contributed by atoms with E-state index in [0.29, 0.717) is 29.6 Å². The first-order chi connectivity index (χ1) is 20.2. The smallest absolute Gasteiger partial charge is 0.419 e. The van der Waals surface area contributed by atoms with Crippen molar-refractivity contribution in [3.8, 4) is 11.3 Å². The van der Waals surface area contributed by atoms with Gasteiger partial charge in [0, 0.05) is 42.5 Å². The zero-order chi connectivity index (χ0) is 31.2. The molecule has 0 radical (unpaired) electrons. The van der Waals surface area contributed by atoms with Crippen LogP contribution < -0.4 is 5.32 Å². The maximum Gasteiger partial charge on any atom is 0.419 e. The van der Waals surface area contributed by atoms with Gasteiger partial charge in [-0.05, 0) is 37.1 Å². The lowest BCUT2D eigenvalue weighted by atomic mass is 10.1. The molecule has 17 heteroatoms. The molecular formula is C26H23F4N5O6S2. The molecular weight excluding hydrogens is 618 g/mol. The van der Waals surface area contributed by atoms with Crippen molar-refractivity contribution in [1.82, 2.24) is 18.8 Å². The summed E-state index contributed by atoms with van der Waals surface area (Å²) in [5.74, 6) is -0.260. The molecule has 0 bridgehead atoms. The molecule has 0 aliphatic carbocycles. The predicted molar refractivity (Wildman–Crippen MR) is 146 cm³/mol. The van der Waals surface area contributed by atoms with E-state index in [2.05, 4.69) is 15.3 Å². The van der Waals surface area contributed by atoms with Crippen LogP contribution in [0.1, 0.15) is 18.4 Å². The molecule has 2 aromatic carbocycles. The van der Waals surface area contributed by atoms with Gasteiger partial charge in [-0.3, -0.25) is 0 Å². The van der Waals surface area contributed by atoms with E-state index in [1.807, 2.05) is 0 Å². The Labute approximate surface area is 242 Å². The largest absolute Gasteiger partial charge is 0.465 e. The maximum atomic E-state index is 14.2. The zero-order valence-corrected chi connectivity index (χ0v) is 23.6. The molecule has 1 saturated heterocycles. The number of amides is 1. The van der Waals surface area contributed by atoms with Crippen molar-refractivity contribution in [3.63, 3.8) is 0 Å². The zero-order valence-electron chi connectivity index (χ0n) is 22.0. The fourth-order valence-corrected chi connectivity index (χ4v) is 6.92. The number of hydrogen-bond acceptors (Lipinski definition) is 8. The number of carboxylic acid groups (broad SMARTS) is 1. The second kappa shape index (κ2) is 11.1. The minimum atomic E-state index is -4.98. The summed E-state index contributed by atoms with van der Waals surface area (Å²) in [6.45, 7) is 0.331. The molecule has 0 saturated carbocycles. The quantitative estimate of drug-likeness (QED) is 0.276. The molecule has 5 rings (SSSR count). The SMILES string of the molecule is O=C(O)N1CCC[C@H](Nc2ncc(C(F)(F)F)c(-c3cn(S(=O)(=O)c4ccccc4)c4cc(S(=O)(=O)CF)ccc34)n2)C1. The normalized spacial score (nSPS) is 16.4. The minimum Gasteiger partial charge on any atom is -0.465 e. The number of hydrogen-bond donors (Lipinski definition) is 2. The van der Waals surface area contributed by atoms with Gasteiger partial charge in [-0.15, -0.1) is 0 Å². The summed E-state index contributed by atoms with van der Waals surface area (Å²) in [6, 6.07) is 7.56. The number of alkyl halides is 4. The second-order valence-corrected chi connectivity index (χ2v) is 13.5. The predicted octanol–water partition coefficient (Wildman–Crippen LogP) is 4.61. The topological polar surface area (TPSA) is 152 Å². The number of fused-ring (bicyclic) bond motifs is 1. The molecule has 1 atom stereocenters. The van der Waals surface area contributed by atoms with E-state index in [9.17, 15) is 44.3 Å². The first-order valence-corrected chi connectivity index (χ1v) is 15.7. The number of aromatic nitrogens is 3. The molecule has 1 aliphatic rings. The maximum absolute atomic E-state index is 14.2. The second-order valence-electron chi connectivity index (χ2n) is 9.73. The highest BCUT2D eigenvalue weighted by Crippen LogP contribution is 2.41. The monoisotopic (exact) mass is 641 g/mol. The Morgan fingerprint density at radius 2 is 1.79 bits per heavy atom. The Bertz CT molecular complexity index is 1920. The molecule has 4 aromatic rings. The summed E-state index contributed by atoms with van der Waals surface area (Å²) in [6.07, 6.45) is -3.73. The van der Waals surface area contributed by atoms with E-state index < -0.39 is 60.3 Å². The number of likely N-dealkylation sites (tertiary alicyclic amines) is 1. The van der Waals surface area contributed by atoms with Crippen molar-refractivity contribution in [2.24, 2.45) is 0 Å². The van der Waals surface area contributed by atoms with Gasteiger partial charge in [0.1, 0.15) is 5.56 Å². The first-order valence-electron chi connectivity index (χ1n) is 12.7. The van der Waals surface area contributed by atoms with E-state index in [0.717, 1.165) is 29.3 Å². The molecule has 43 heavy (non-hydrogen) atoms. The Morgan fingerprint density at radius 3 is 2.44 bits per heavy atom. The number of nitrogens with zero attached hydrogens (tertiary/aromatic N) is 4. The van der Waals surface area contributed by atoms with Crippen LogP contribution in [0.25, 0.3) is 22.2 Å². The van der Waals surface area contributed by atoms with Crippen LogP contribution in [0, 0.1) is 0 Å². The number of sulfone groups is 1. The van der Waals surface area contributed by atoms with Gasteiger partial charge in [-0.25, -0.2) is 40.0 Å². The van der Waals surface area contributed by atoms with Gasteiger partial charge in [0.05, 0.1) is 21.0 Å². The van der Waals surface area contributed by atoms with Gasteiger partial charge in [0.25, 0.3) is 10.0 Å². The molecule has 2 N–H and O–H groups in total. The fraction of sp³-hybridized carbons (Fsp3) is 0.269. The van der Waals surface area contributed by atoms with Gasteiger partial charge in [-0.1, -0.05) is 24.3 Å². The van der Waals surface area contributed by atoms with E-state index in [4.69, 9.17) is 0 Å². The lowest BCUT2D eigenvalue weighted by Gasteiger charge is -2.31. The average molecular weight is 642 g/mol. The Balaban J connectivity index is 1.72. The summed E-state index contributed by atoms with van der Waals surface area (Å²) in [5.41, 5.74) is -2.64. The average Bonchev–Trinajstić information content (AvgIpc) is 3.37. The third kappa shape index (κ3) is 5.86. The van der Waals surface area contributed by atoms with Gasteiger partial charge in [0.2, 0.25) is 15.8 Å². The van der Waals surface area contributed by atoms with Crippen LogP contribution in [0.2, 0.25) is 0 Å². The van der Waals surface area contributed by atoms with Gasteiger partial charge >= 0.3 is 12.3 Å². The molecule has 0 unspecified atom stereocenters. The van der Waals surface area contributed by atoms with Crippen molar-refractivity contribution in [3.05, 3.63) is 66.5 Å². The fourth-order valence-electron chi connectivity index (χ4n) is 4.84. The molecule has 1 fully saturated rings. The van der Waals surface area contributed by atoms with Crippen LogP contribution in [-0.4, -0.2) is 72.0 Å². The van der Waals surface area contributed by atoms with Crippen LogP contribution in [0.15, 0.2) is 70.7 Å². The van der Waals surface area contributed by atoms with E-state index >= 15 is 0 Å². The summed E-state index contributed by atoms with van der Waals surface area (Å²) in [4.78, 5) is 19.6. The number of benzene rings is 2. The highest BCUT2D eigenvalue weighted by molar-refractivity contribution is 7.91. The van der Waals surface area contributed by atoms with Crippen LogP contribution in [0.4, 0.5) is 28.3 Å². The number of rotatable bonds is 7. The summed E-state index contributed by atoms with van der Waals surface area (Å²) >= 11 is 0. The van der Waals surface area contributed by atoms with Crippen molar-refractivity contribution in [2.75, 3.05) is 24.4 Å². The highest BCUT2D eigenvalue weighted by atomic mass is 32.2. The van der Waals surface area contributed by atoms with Crippen molar-refractivity contribution in [1.29, 1.82) is 0 Å². The molecule has 11 nitrogen and oxygen atoms in total. The van der Waals surface area contributed by atoms with Crippen LogP contribution in [-0.2, 0) is 26.0 Å². The van der Waals surface area contributed by atoms with E-state index in [1.165, 1.54) is 24.3 Å². The third-order valence-corrected chi connectivity index (χ3v) is 9.87. The van der Waals surface area contributed by atoms with Crippen LogP contribution >= 0.6 is 0 Å². The molecule has 2 aromatic heterocycles. The number of anilines is 1. The molecule has 1 aliphatic heterocycles. The minimum absolute atomic E-state index is 0.0372. The lowest BCUT2D eigenvalue weighted by Crippen LogP contribution is -2.44. The van der Waals surface area contributed by atoms with Gasteiger partial charge < -0.3 is 15.3 Å². The number of halogens is 4. The van der Waals surface area contributed by atoms with E-state index in [1.54, 1.807) is 6.07 Å². The standard InChI is InChI=1S/C26H23F4N5O6S2/c27-15-42(38,39)18-8-9-19-20(14-35(22(19)11-18)43(40,41)17-6-2-1-3-7-17)23-21(26(28,29)30)12-31-24(33-23)32-16-5-4-10-34(13-16)25(36)37/h1-3,6-9,11-12,14,16H,4-5,10,13,15H2,(H,36,37)(H,31,32,33)/t16-/m0/s1. The third-order valence-electron chi connectivity index (χ3n) is 6.92. The molecule has 228 valence electrons. The van der Waals surface area contributed by atoms with E-state index in [-0.39, 0.29) is 33.9 Å². The van der Waals surface area contributed by atoms with Crippen molar-refractivity contribution < 1.29 is 44.3 Å². The Morgan fingerprint density at radius 1 is 1.07 bits per heavy atom. The van der Waals surface area contributed by atoms with Gasteiger partial charge in [0.15, 0.2) is 6.01 Å². The van der Waals surface area contributed by atoms with Crippen LogP contribution in [0.5, 0.6) is 0 Å². The molecule has 1 amide bonds. The van der Waals surface area contributed by atoms with Crippen molar-refractivity contribution in [2.45, 2.75) is 34.9 Å². The van der Waals surface area contributed by atoms with Gasteiger partial charge in [-0.2, -0.15) is 13.2 Å². The number of piperidine rings is 1. The number of nitrogens with one attached hydrogen (secondary N) is 1. The number of carbonyl (C=O) groups is 1. The summed E-state index contributed by atoms with van der Waals surface area (Å²) in [7, 11) is -8.96. The Hall–Kier alpha value is -4.25. The van der Waals surface area contributed by atoms with Crippen LogP contribution in [0.3, 0.4) is 0 Å².